The number of nitrogens with two attached hydrogens (primary N) is 1. The molecule has 0 saturated carbocycles. The van der Waals surface area contributed by atoms with Crippen molar-refractivity contribution in [3.63, 3.8) is 0 Å². The van der Waals surface area contributed by atoms with Crippen molar-refractivity contribution in [1.29, 1.82) is 0 Å². The van der Waals surface area contributed by atoms with Gasteiger partial charge in [-0.25, -0.2) is 9.98 Å². The molecule has 5 heterocycles. The normalized spacial score (nSPS) is 21.2. The minimum Gasteiger partial charge on any atom is -0.462 e. The number of amidine groups is 1. The number of benzene rings is 1. The first-order valence-corrected chi connectivity index (χ1v) is 10.3. The van der Waals surface area contributed by atoms with Gasteiger partial charge in [-0.2, -0.15) is 4.39 Å². The molecule has 1 spiro atoms. The molecule has 3 aliphatic heterocycles. The molecule has 0 fully saturated rings. The molecule has 7 nitrogen and oxygen atoms in total. The van der Waals surface area contributed by atoms with E-state index < -0.39 is 11.5 Å². The highest BCUT2D eigenvalue weighted by molar-refractivity contribution is 5.78. The second kappa shape index (κ2) is 7.13. The van der Waals surface area contributed by atoms with Gasteiger partial charge in [0.1, 0.15) is 12.4 Å². The quantitative estimate of drug-likeness (QED) is 0.622. The number of rotatable bonds is 2. The standard InChI is InChI=1S/C24H19FN4O3/c25-22-16(2-1-7-27-22)15-3-4-20-17(10-15)24(13-31-23(26)29-24)18-11-19(28-12-21(18)32-20)14-5-8-30-9-6-14/h1-5,7,10-12H,6,8-9,13H2,(H2,26,29)/t24-/m0/s1. The number of hydrogen-bond donors (Lipinski definition) is 1. The van der Waals surface area contributed by atoms with E-state index in [1.165, 1.54) is 6.20 Å². The van der Waals surface area contributed by atoms with Crippen LogP contribution in [0.2, 0.25) is 0 Å². The summed E-state index contributed by atoms with van der Waals surface area (Å²) < 4.78 is 31.7. The Morgan fingerprint density at radius 1 is 1.06 bits per heavy atom. The number of halogens is 1. The molecule has 0 bridgehead atoms. The van der Waals surface area contributed by atoms with Crippen molar-refractivity contribution >= 4 is 11.6 Å². The molecule has 2 aromatic heterocycles. The minimum absolute atomic E-state index is 0.102. The maximum Gasteiger partial charge on any atom is 0.283 e. The van der Waals surface area contributed by atoms with Crippen molar-refractivity contribution in [2.75, 3.05) is 19.8 Å². The number of fused-ring (bicyclic) bond motifs is 4. The van der Waals surface area contributed by atoms with Gasteiger partial charge in [-0.3, -0.25) is 4.98 Å². The lowest BCUT2D eigenvalue weighted by atomic mass is 9.80. The van der Waals surface area contributed by atoms with Gasteiger partial charge in [-0.05, 0) is 47.9 Å². The fraction of sp³-hybridized carbons (Fsp3) is 0.208. The smallest absolute Gasteiger partial charge is 0.283 e. The Hall–Kier alpha value is -3.78. The largest absolute Gasteiger partial charge is 0.462 e. The molecule has 3 aliphatic rings. The van der Waals surface area contributed by atoms with Gasteiger partial charge in [0, 0.05) is 22.9 Å². The summed E-state index contributed by atoms with van der Waals surface area (Å²) in [6.45, 7) is 1.43. The number of aliphatic imine (C=N–C) groups is 1. The summed E-state index contributed by atoms with van der Waals surface area (Å²) in [5.41, 5.74) is 9.66. The summed E-state index contributed by atoms with van der Waals surface area (Å²) in [5, 5.41) is 0. The fourth-order valence-corrected chi connectivity index (χ4v) is 4.46. The minimum atomic E-state index is -0.912. The average molecular weight is 430 g/mol. The monoisotopic (exact) mass is 430 g/mol. The van der Waals surface area contributed by atoms with Crippen molar-refractivity contribution in [3.8, 4) is 22.6 Å². The van der Waals surface area contributed by atoms with E-state index >= 15 is 0 Å². The average Bonchev–Trinajstić information content (AvgIpc) is 3.22. The van der Waals surface area contributed by atoms with E-state index in [0.29, 0.717) is 35.8 Å². The van der Waals surface area contributed by atoms with Gasteiger partial charge in [0.05, 0.1) is 25.1 Å². The third-order valence-electron chi connectivity index (χ3n) is 6.05. The lowest BCUT2D eigenvalue weighted by molar-refractivity contribution is 0.161. The molecular weight excluding hydrogens is 411 g/mol. The molecule has 0 radical (unpaired) electrons. The Kier molecular flexibility index (Phi) is 4.22. The van der Waals surface area contributed by atoms with Crippen LogP contribution < -0.4 is 10.5 Å². The molecule has 0 saturated heterocycles. The van der Waals surface area contributed by atoms with E-state index in [-0.39, 0.29) is 12.6 Å². The summed E-state index contributed by atoms with van der Waals surface area (Å²) >= 11 is 0. The van der Waals surface area contributed by atoms with E-state index in [0.717, 1.165) is 28.8 Å². The van der Waals surface area contributed by atoms with Crippen LogP contribution in [0.15, 0.2) is 59.9 Å². The van der Waals surface area contributed by atoms with E-state index in [9.17, 15) is 4.39 Å². The Labute approximate surface area is 183 Å². The fourth-order valence-electron chi connectivity index (χ4n) is 4.46. The summed E-state index contributed by atoms with van der Waals surface area (Å²) in [5.74, 6) is 0.658. The topological polar surface area (TPSA) is 91.9 Å². The molecule has 160 valence electrons. The molecule has 2 N–H and O–H groups in total. The molecule has 0 unspecified atom stereocenters. The second-order valence-corrected chi connectivity index (χ2v) is 7.87. The van der Waals surface area contributed by atoms with Gasteiger partial charge in [-0.1, -0.05) is 12.1 Å². The highest BCUT2D eigenvalue weighted by Crippen LogP contribution is 2.52. The lowest BCUT2D eigenvalue weighted by Gasteiger charge is -2.34. The number of nitrogens with zero attached hydrogens (tertiary/aromatic N) is 3. The molecule has 6 rings (SSSR count). The van der Waals surface area contributed by atoms with Gasteiger partial charge in [0.25, 0.3) is 6.02 Å². The van der Waals surface area contributed by atoms with Gasteiger partial charge >= 0.3 is 0 Å². The van der Waals surface area contributed by atoms with Gasteiger partial charge in [0.15, 0.2) is 11.3 Å². The van der Waals surface area contributed by atoms with E-state index in [2.05, 4.69) is 9.97 Å². The highest BCUT2D eigenvalue weighted by atomic mass is 19.1. The molecule has 32 heavy (non-hydrogen) atoms. The van der Waals surface area contributed by atoms with Crippen molar-refractivity contribution in [1.82, 2.24) is 9.97 Å². The summed E-state index contributed by atoms with van der Waals surface area (Å²) in [4.78, 5) is 13.1. The SMILES string of the molecule is NC1=N[C@@]2(CO1)c1cc(-c3cccnc3F)ccc1Oc1cnc(C3=CCOCC3)cc12. The van der Waals surface area contributed by atoms with Crippen LogP contribution in [0.25, 0.3) is 16.7 Å². The molecule has 3 aromatic rings. The van der Waals surface area contributed by atoms with Crippen LogP contribution in [0, 0.1) is 5.95 Å². The van der Waals surface area contributed by atoms with E-state index in [4.69, 9.17) is 24.9 Å². The predicted molar refractivity (Wildman–Crippen MR) is 116 cm³/mol. The first-order valence-electron chi connectivity index (χ1n) is 10.3. The molecule has 8 heteroatoms. The molecule has 1 aromatic carbocycles. The van der Waals surface area contributed by atoms with Crippen molar-refractivity contribution in [3.05, 3.63) is 77.6 Å². The van der Waals surface area contributed by atoms with E-state index in [1.807, 2.05) is 18.2 Å². The van der Waals surface area contributed by atoms with Crippen molar-refractivity contribution < 1.29 is 18.6 Å². The van der Waals surface area contributed by atoms with Crippen molar-refractivity contribution in [2.45, 2.75) is 12.0 Å². The number of pyridine rings is 2. The van der Waals surface area contributed by atoms with Crippen LogP contribution >= 0.6 is 0 Å². The molecule has 0 aliphatic carbocycles. The van der Waals surface area contributed by atoms with Crippen LogP contribution in [0.1, 0.15) is 23.2 Å². The summed E-state index contributed by atoms with van der Waals surface area (Å²) in [7, 11) is 0. The zero-order valence-electron chi connectivity index (χ0n) is 17.0. The summed E-state index contributed by atoms with van der Waals surface area (Å²) in [6.07, 6.45) is 5.95. The predicted octanol–water partition coefficient (Wildman–Crippen LogP) is 3.78. The molecule has 0 amide bonds. The second-order valence-electron chi connectivity index (χ2n) is 7.87. The van der Waals surface area contributed by atoms with Gasteiger partial charge in [-0.15, -0.1) is 0 Å². The third kappa shape index (κ3) is 2.87. The number of ether oxygens (including phenoxy) is 3. The molecular formula is C24H19FN4O3. The molecule has 1 atom stereocenters. The van der Waals surface area contributed by atoms with Crippen molar-refractivity contribution in [2.24, 2.45) is 10.7 Å². The Balaban J connectivity index is 1.54. The Morgan fingerprint density at radius 2 is 1.97 bits per heavy atom. The summed E-state index contributed by atoms with van der Waals surface area (Å²) in [6, 6.07) is 11.0. The first-order chi connectivity index (χ1) is 15.6. The first kappa shape index (κ1) is 18.9. The van der Waals surface area contributed by atoms with Crippen LogP contribution in [0.5, 0.6) is 11.5 Å². The lowest BCUT2D eigenvalue weighted by Crippen LogP contribution is -2.31. The highest BCUT2D eigenvalue weighted by Gasteiger charge is 2.47. The third-order valence-corrected chi connectivity index (χ3v) is 6.05. The van der Waals surface area contributed by atoms with Crippen LogP contribution in [0.4, 0.5) is 4.39 Å². The zero-order valence-corrected chi connectivity index (χ0v) is 17.0. The Bertz CT molecular complexity index is 1310. The van der Waals surface area contributed by atoms with E-state index in [1.54, 1.807) is 30.5 Å². The zero-order chi connectivity index (χ0) is 21.7. The van der Waals surface area contributed by atoms with Crippen LogP contribution in [-0.2, 0) is 15.0 Å². The maximum atomic E-state index is 14.4. The number of hydrogen-bond acceptors (Lipinski definition) is 7. The number of aromatic nitrogens is 2. The van der Waals surface area contributed by atoms with Gasteiger partial charge in [0.2, 0.25) is 5.95 Å². The van der Waals surface area contributed by atoms with Gasteiger partial charge < -0.3 is 19.9 Å². The Morgan fingerprint density at radius 3 is 2.75 bits per heavy atom. The maximum absolute atomic E-state index is 14.4. The van der Waals surface area contributed by atoms with Crippen LogP contribution in [-0.4, -0.2) is 35.8 Å². The van der Waals surface area contributed by atoms with Crippen LogP contribution in [0.3, 0.4) is 0 Å².